The second kappa shape index (κ2) is 6.10. The molecule has 2 atom stereocenters. The predicted octanol–water partition coefficient (Wildman–Crippen LogP) is 1.37. The van der Waals surface area contributed by atoms with E-state index in [1.807, 2.05) is 11.5 Å². The molecule has 1 aliphatic rings. The topological polar surface area (TPSA) is 80.3 Å². The molecule has 1 aliphatic carbocycles. The molecule has 0 aromatic carbocycles. The van der Waals surface area contributed by atoms with Gasteiger partial charge in [0.1, 0.15) is 5.69 Å². The first kappa shape index (κ1) is 13.9. The van der Waals surface area contributed by atoms with Gasteiger partial charge in [-0.1, -0.05) is 12.8 Å². The number of carbonyl (C=O) groups is 1. The number of nitrogen functional groups attached to an aromatic ring is 1. The van der Waals surface area contributed by atoms with Crippen LogP contribution in [0.1, 0.15) is 43.1 Å². The van der Waals surface area contributed by atoms with Gasteiger partial charge in [0.15, 0.2) is 0 Å². The van der Waals surface area contributed by atoms with Gasteiger partial charge in [-0.3, -0.25) is 4.79 Å². The van der Waals surface area contributed by atoms with Crippen LogP contribution < -0.4 is 11.1 Å². The van der Waals surface area contributed by atoms with E-state index >= 15 is 0 Å². The molecule has 19 heavy (non-hydrogen) atoms. The van der Waals surface area contributed by atoms with Crippen LogP contribution >= 0.6 is 0 Å². The summed E-state index contributed by atoms with van der Waals surface area (Å²) >= 11 is 0. The minimum atomic E-state index is -0.0936. The summed E-state index contributed by atoms with van der Waals surface area (Å²) in [7, 11) is 0. The molecule has 1 aromatic rings. The van der Waals surface area contributed by atoms with E-state index in [1.54, 1.807) is 12.3 Å². The third-order valence-corrected chi connectivity index (χ3v) is 3.95. The Balaban J connectivity index is 2.07. The average Bonchev–Trinajstić information content (AvgIpc) is 2.80. The van der Waals surface area contributed by atoms with Gasteiger partial charge in [0, 0.05) is 31.3 Å². The second-order valence-electron chi connectivity index (χ2n) is 5.25. The van der Waals surface area contributed by atoms with Crippen LogP contribution in [0.2, 0.25) is 0 Å². The number of aromatic nitrogens is 1. The number of nitrogens with zero attached hydrogens (tertiary/aromatic N) is 1. The Morgan fingerprint density at radius 1 is 1.53 bits per heavy atom. The molecule has 0 bridgehead atoms. The third kappa shape index (κ3) is 3.10. The molecule has 1 aromatic heterocycles. The van der Waals surface area contributed by atoms with Crippen molar-refractivity contribution in [3.63, 3.8) is 0 Å². The van der Waals surface area contributed by atoms with Crippen molar-refractivity contribution in [3.8, 4) is 0 Å². The van der Waals surface area contributed by atoms with Gasteiger partial charge >= 0.3 is 0 Å². The quantitative estimate of drug-likeness (QED) is 0.769. The van der Waals surface area contributed by atoms with Crippen LogP contribution in [-0.4, -0.2) is 28.2 Å². The first-order valence-electron chi connectivity index (χ1n) is 7.03. The van der Waals surface area contributed by atoms with E-state index in [9.17, 15) is 9.90 Å². The summed E-state index contributed by atoms with van der Waals surface area (Å²) in [4.78, 5) is 12.3. The molecule has 4 N–H and O–H groups in total. The van der Waals surface area contributed by atoms with Crippen LogP contribution in [0, 0.1) is 5.92 Å². The molecular formula is C14H23N3O2. The maximum absolute atomic E-state index is 12.3. The monoisotopic (exact) mass is 265 g/mol. The van der Waals surface area contributed by atoms with Crippen LogP contribution in [0.5, 0.6) is 0 Å². The van der Waals surface area contributed by atoms with E-state index in [-0.39, 0.29) is 24.5 Å². The Kier molecular flexibility index (Phi) is 4.47. The molecule has 5 nitrogen and oxygen atoms in total. The van der Waals surface area contributed by atoms with Gasteiger partial charge in [-0.15, -0.1) is 0 Å². The first-order valence-corrected chi connectivity index (χ1v) is 7.03. The fourth-order valence-electron chi connectivity index (χ4n) is 2.84. The number of anilines is 1. The molecule has 1 heterocycles. The van der Waals surface area contributed by atoms with Crippen molar-refractivity contribution in [2.75, 3.05) is 12.3 Å². The van der Waals surface area contributed by atoms with E-state index in [0.29, 0.717) is 17.9 Å². The zero-order valence-electron chi connectivity index (χ0n) is 11.4. The number of aliphatic hydroxyl groups is 1. The highest BCUT2D eigenvalue weighted by atomic mass is 16.3. The maximum Gasteiger partial charge on any atom is 0.268 e. The number of hydrogen-bond donors (Lipinski definition) is 3. The lowest BCUT2D eigenvalue weighted by Crippen LogP contribution is -2.43. The highest BCUT2D eigenvalue weighted by molar-refractivity contribution is 5.94. The largest absolute Gasteiger partial charge is 0.397 e. The van der Waals surface area contributed by atoms with E-state index in [4.69, 9.17) is 5.73 Å². The van der Waals surface area contributed by atoms with Crippen LogP contribution in [0.25, 0.3) is 0 Å². The van der Waals surface area contributed by atoms with Gasteiger partial charge < -0.3 is 20.7 Å². The molecule has 1 saturated carbocycles. The van der Waals surface area contributed by atoms with Gasteiger partial charge in [-0.05, 0) is 25.8 Å². The van der Waals surface area contributed by atoms with Gasteiger partial charge in [-0.25, -0.2) is 0 Å². The molecule has 1 fully saturated rings. The van der Waals surface area contributed by atoms with Crippen LogP contribution in [0.3, 0.4) is 0 Å². The molecule has 0 spiro atoms. The van der Waals surface area contributed by atoms with Gasteiger partial charge in [-0.2, -0.15) is 0 Å². The Hall–Kier alpha value is -1.49. The standard InChI is InChI=1S/C14H23N3O2/c1-2-17-8-11(15)7-13(17)14(19)16-12-6-4-3-5-10(12)9-18/h7-8,10,12,18H,2-6,9,15H2,1H3,(H,16,19). The SMILES string of the molecule is CCn1cc(N)cc1C(=O)NC1CCCCC1CO. The first-order chi connectivity index (χ1) is 9.15. The lowest BCUT2D eigenvalue weighted by atomic mass is 9.85. The molecular weight excluding hydrogens is 242 g/mol. The molecule has 5 heteroatoms. The summed E-state index contributed by atoms with van der Waals surface area (Å²) in [5.41, 5.74) is 6.94. The Morgan fingerprint density at radius 2 is 2.26 bits per heavy atom. The number of carbonyl (C=O) groups excluding carboxylic acids is 1. The molecule has 1 amide bonds. The van der Waals surface area contributed by atoms with Crippen molar-refractivity contribution in [2.24, 2.45) is 5.92 Å². The molecule has 2 rings (SSSR count). The summed E-state index contributed by atoms with van der Waals surface area (Å²) in [6, 6.07) is 1.78. The number of aryl methyl sites for hydroxylation is 1. The number of aliphatic hydroxyl groups excluding tert-OH is 1. The van der Waals surface area contributed by atoms with Crippen molar-refractivity contribution in [2.45, 2.75) is 45.2 Å². The van der Waals surface area contributed by atoms with Crippen LogP contribution in [0.15, 0.2) is 12.3 Å². The van der Waals surface area contributed by atoms with Gasteiger partial charge in [0.2, 0.25) is 0 Å². The lowest BCUT2D eigenvalue weighted by Gasteiger charge is -2.30. The minimum absolute atomic E-state index is 0.0766. The van der Waals surface area contributed by atoms with Crippen LogP contribution in [-0.2, 0) is 6.54 Å². The van der Waals surface area contributed by atoms with E-state index in [0.717, 1.165) is 25.7 Å². The van der Waals surface area contributed by atoms with Crippen LogP contribution in [0.4, 0.5) is 5.69 Å². The average molecular weight is 265 g/mol. The highest BCUT2D eigenvalue weighted by Gasteiger charge is 2.26. The van der Waals surface area contributed by atoms with E-state index in [2.05, 4.69) is 5.32 Å². The number of hydrogen-bond acceptors (Lipinski definition) is 3. The Bertz CT molecular complexity index is 442. The predicted molar refractivity (Wildman–Crippen MR) is 74.8 cm³/mol. The summed E-state index contributed by atoms with van der Waals surface area (Å²) in [5.74, 6) is 0.0870. The normalized spacial score (nSPS) is 23.3. The second-order valence-corrected chi connectivity index (χ2v) is 5.25. The molecule has 0 aliphatic heterocycles. The summed E-state index contributed by atoms with van der Waals surface area (Å²) in [6.07, 6.45) is 5.95. The van der Waals surface area contributed by atoms with Crippen molar-refractivity contribution in [1.29, 1.82) is 0 Å². The molecule has 0 radical (unpaired) electrons. The summed E-state index contributed by atoms with van der Waals surface area (Å²) in [6.45, 7) is 2.84. The Labute approximate surface area is 113 Å². The van der Waals surface area contributed by atoms with Crippen molar-refractivity contribution < 1.29 is 9.90 Å². The van der Waals surface area contributed by atoms with Gasteiger partial charge in [0.25, 0.3) is 5.91 Å². The van der Waals surface area contributed by atoms with E-state index in [1.165, 1.54) is 0 Å². The number of nitrogens with one attached hydrogen (secondary N) is 1. The smallest absolute Gasteiger partial charge is 0.268 e. The molecule has 0 saturated heterocycles. The summed E-state index contributed by atoms with van der Waals surface area (Å²) < 4.78 is 1.85. The highest BCUT2D eigenvalue weighted by Crippen LogP contribution is 2.24. The molecule has 106 valence electrons. The fourth-order valence-corrected chi connectivity index (χ4v) is 2.84. The zero-order chi connectivity index (χ0) is 13.8. The number of nitrogens with two attached hydrogens (primary N) is 1. The molecule has 2 unspecified atom stereocenters. The van der Waals surface area contributed by atoms with Crippen molar-refractivity contribution >= 4 is 11.6 Å². The summed E-state index contributed by atoms with van der Waals surface area (Å²) in [5, 5.41) is 12.4. The van der Waals surface area contributed by atoms with Crippen molar-refractivity contribution in [1.82, 2.24) is 9.88 Å². The van der Waals surface area contributed by atoms with Gasteiger partial charge in [0.05, 0.1) is 5.69 Å². The number of amides is 1. The number of rotatable bonds is 4. The lowest BCUT2D eigenvalue weighted by molar-refractivity contribution is 0.0863. The Morgan fingerprint density at radius 3 is 2.95 bits per heavy atom. The van der Waals surface area contributed by atoms with Crippen molar-refractivity contribution in [3.05, 3.63) is 18.0 Å². The van der Waals surface area contributed by atoms with E-state index < -0.39 is 0 Å². The fraction of sp³-hybridized carbons (Fsp3) is 0.643. The maximum atomic E-state index is 12.3. The third-order valence-electron chi connectivity index (χ3n) is 3.95. The zero-order valence-corrected chi connectivity index (χ0v) is 11.4. The minimum Gasteiger partial charge on any atom is -0.397 e.